The van der Waals surface area contributed by atoms with E-state index in [-0.39, 0.29) is 18.5 Å². The molecule has 2 heterocycles. The van der Waals surface area contributed by atoms with Crippen LogP contribution in [0.2, 0.25) is 0 Å². The summed E-state index contributed by atoms with van der Waals surface area (Å²) < 4.78 is 22.3. The van der Waals surface area contributed by atoms with E-state index in [1.54, 1.807) is 21.3 Å². The van der Waals surface area contributed by atoms with Gasteiger partial charge in [0.2, 0.25) is 5.91 Å². The summed E-state index contributed by atoms with van der Waals surface area (Å²) in [5.41, 5.74) is 1.65. The second-order valence-corrected chi connectivity index (χ2v) is 10.4. The van der Waals surface area contributed by atoms with Gasteiger partial charge in [-0.1, -0.05) is 6.07 Å². The van der Waals surface area contributed by atoms with Crippen LogP contribution in [0.3, 0.4) is 0 Å². The summed E-state index contributed by atoms with van der Waals surface area (Å²) in [6, 6.07) is 9.91. The van der Waals surface area contributed by atoms with E-state index in [4.69, 9.17) is 18.9 Å². The minimum Gasteiger partial charge on any atom is -0.497 e. The quantitative estimate of drug-likeness (QED) is 0.500. The Hall–Kier alpha value is -3.68. The second kappa shape index (κ2) is 8.76. The van der Waals surface area contributed by atoms with Crippen molar-refractivity contribution in [1.29, 1.82) is 0 Å². The van der Waals surface area contributed by atoms with E-state index in [1.165, 1.54) is 4.90 Å². The second-order valence-electron chi connectivity index (χ2n) is 10.4. The Morgan fingerprint density at radius 2 is 1.53 bits per heavy atom. The Balaban J connectivity index is 1.65. The molecule has 1 fully saturated rings. The highest BCUT2D eigenvalue weighted by atomic mass is 16.6. The van der Waals surface area contributed by atoms with Crippen LogP contribution in [0, 0.1) is 0 Å². The van der Waals surface area contributed by atoms with Gasteiger partial charge in [-0.15, -0.1) is 0 Å². The third kappa shape index (κ3) is 4.04. The largest absolute Gasteiger partial charge is 0.497 e. The number of hydrogen-bond acceptors (Lipinski definition) is 6. The van der Waals surface area contributed by atoms with E-state index >= 15 is 0 Å². The number of fused-ring (bicyclic) bond motifs is 7. The van der Waals surface area contributed by atoms with Gasteiger partial charge in [-0.2, -0.15) is 0 Å². The first-order valence-corrected chi connectivity index (χ1v) is 12.1. The molecule has 2 amide bonds. The highest BCUT2D eigenvalue weighted by Gasteiger charge is 2.40. The molecular weight excluding hydrogens is 460 g/mol. The van der Waals surface area contributed by atoms with Gasteiger partial charge in [-0.25, -0.2) is 4.79 Å². The first kappa shape index (κ1) is 24.0. The van der Waals surface area contributed by atoms with Gasteiger partial charge in [-0.3, -0.25) is 9.69 Å². The van der Waals surface area contributed by atoms with Crippen LogP contribution in [0.15, 0.2) is 30.3 Å². The molecule has 5 rings (SSSR count). The lowest BCUT2D eigenvalue weighted by Gasteiger charge is -2.44. The number of hydrogen-bond donors (Lipinski definition) is 0. The van der Waals surface area contributed by atoms with Crippen LogP contribution in [-0.2, 0) is 22.5 Å². The monoisotopic (exact) mass is 492 g/mol. The highest BCUT2D eigenvalue weighted by Crippen LogP contribution is 2.43. The van der Waals surface area contributed by atoms with Crippen LogP contribution in [-0.4, -0.2) is 67.9 Å². The maximum absolute atomic E-state index is 13.2. The van der Waals surface area contributed by atoms with Crippen LogP contribution >= 0.6 is 0 Å². The van der Waals surface area contributed by atoms with E-state index in [0.29, 0.717) is 31.0 Å². The number of benzene rings is 3. The summed E-state index contributed by atoms with van der Waals surface area (Å²) in [4.78, 5) is 29.4. The summed E-state index contributed by atoms with van der Waals surface area (Å²) in [5, 5.41) is 4.18. The van der Waals surface area contributed by atoms with Crippen LogP contribution in [0.1, 0.15) is 31.9 Å². The number of amides is 2. The molecule has 0 N–H and O–H groups in total. The summed E-state index contributed by atoms with van der Waals surface area (Å²) in [5.74, 6) is 1.98. The number of rotatable bonds is 3. The Kier molecular flexibility index (Phi) is 5.85. The molecule has 2 aliphatic rings. The number of carbonyl (C=O) groups is 2. The summed E-state index contributed by atoms with van der Waals surface area (Å²) >= 11 is 0. The molecule has 1 atom stereocenters. The van der Waals surface area contributed by atoms with Crippen molar-refractivity contribution in [2.75, 3.05) is 34.4 Å². The molecular formula is C28H32N2O6. The third-order valence-electron chi connectivity index (χ3n) is 6.99. The Morgan fingerprint density at radius 1 is 0.861 bits per heavy atom. The highest BCUT2D eigenvalue weighted by molar-refractivity contribution is 6.12. The van der Waals surface area contributed by atoms with E-state index in [2.05, 4.69) is 6.07 Å². The molecule has 0 aliphatic carbocycles. The normalized spacial score (nSPS) is 17.6. The Bertz CT molecular complexity index is 1380. The van der Waals surface area contributed by atoms with Crippen molar-refractivity contribution >= 4 is 33.5 Å². The molecule has 36 heavy (non-hydrogen) atoms. The molecule has 3 aromatic carbocycles. The number of ether oxygens (including phenoxy) is 4. The SMILES string of the molecule is COc1ccc2c3c(c4cc(OC)c(OC)cc4c2c1)C[C@H]1CN(C(=O)OC(C)(C)C)CC(=O)N1C3. The predicted molar refractivity (Wildman–Crippen MR) is 137 cm³/mol. The molecule has 0 aromatic heterocycles. The van der Waals surface area contributed by atoms with Crippen molar-refractivity contribution in [3.05, 3.63) is 41.5 Å². The summed E-state index contributed by atoms with van der Waals surface area (Å²) in [6.45, 7) is 6.41. The van der Waals surface area contributed by atoms with Gasteiger partial charge >= 0.3 is 6.09 Å². The summed E-state index contributed by atoms with van der Waals surface area (Å²) in [6.07, 6.45) is 0.164. The zero-order chi connectivity index (χ0) is 25.8. The predicted octanol–water partition coefficient (Wildman–Crippen LogP) is 4.52. The van der Waals surface area contributed by atoms with Gasteiger partial charge in [0.1, 0.15) is 17.9 Å². The van der Waals surface area contributed by atoms with Gasteiger partial charge in [0, 0.05) is 13.1 Å². The molecule has 0 bridgehead atoms. The van der Waals surface area contributed by atoms with E-state index in [0.717, 1.165) is 38.4 Å². The first-order valence-electron chi connectivity index (χ1n) is 12.1. The summed E-state index contributed by atoms with van der Waals surface area (Å²) in [7, 11) is 4.90. The molecule has 8 heteroatoms. The van der Waals surface area contributed by atoms with Crippen molar-refractivity contribution in [2.24, 2.45) is 0 Å². The van der Waals surface area contributed by atoms with Gasteiger partial charge in [-0.05, 0) is 84.1 Å². The minimum absolute atomic E-state index is 0.0190. The van der Waals surface area contributed by atoms with Crippen LogP contribution < -0.4 is 14.2 Å². The number of piperazine rings is 1. The minimum atomic E-state index is -0.623. The fourth-order valence-electron chi connectivity index (χ4n) is 5.37. The smallest absolute Gasteiger partial charge is 0.410 e. The van der Waals surface area contributed by atoms with Crippen molar-refractivity contribution in [3.63, 3.8) is 0 Å². The average molecular weight is 493 g/mol. The van der Waals surface area contributed by atoms with E-state index in [1.807, 2.05) is 49.9 Å². The van der Waals surface area contributed by atoms with Crippen LogP contribution in [0.25, 0.3) is 21.5 Å². The average Bonchev–Trinajstić information content (AvgIpc) is 2.85. The topological polar surface area (TPSA) is 77.5 Å². The molecule has 2 aliphatic heterocycles. The van der Waals surface area contributed by atoms with E-state index in [9.17, 15) is 9.59 Å². The van der Waals surface area contributed by atoms with Crippen molar-refractivity contribution in [2.45, 2.75) is 45.4 Å². The fourth-order valence-corrected chi connectivity index (χ4v) is 5.37. The molecule has 0 saturated carbocycles. The standard InChI is InChI=1S/C28H32N2O6/c1-28(2,3)36-27(32)29-13-16-9-19-21-11-24(34-5)25(35-6)12-22(21)20-10-17(33-4)7-8-18(20)23(19)14-30(16)26(31)15-29/h7-8,10-12,16H,9,13-15H2,1-6H3/t16-/m0/s1. The number of nitrogens with zero attached hydrogens (tertiary/aromatic N) is 2. The van der Waals surface area contributed by atoms with Crippen molar-refractivity contribution < 1.29 is 28.5 Å². The Labute approximate surface area is 210 Å². The zero-order valence-electron chi connectivity index (χ0n) is 21.6. The molecule has 0 spiro atoms. The van der Waals surface area contributed by atoms with Crippen LogP contribution in [0.5, 0.6) is 17.2 Å². The molecule has 3 aromatic rings. The van der Waals surface area contributed by atoms with Gasteiger partial charge in [0.25, 0.3) is 0 Å². The molecule has 8 nitrogen and oxygen atoms in total. The molecule has 0 unspecified atom stereocenters. The molecule has 190 valence electrons. The lowest BCUT2D eigenvalue weighted by molar-refractivity contribution is -0.140. The first-order chi connectivity index (χ1) is 17.1. The maximum Gasteiger partial charge on any atom is 0.410 e. The van der Waals surface area contributed by atoms with E-state index < -0.39 is 11.7 Å². The van der Waals surface area contributed by atoms with Gasteiger partial charge < -0.3 is 23.8 Å². The van der Waals surface area contributed by atoms with Crippen LogP contribution in [0.4, 0.5) is 4.79 Å². The van der Waals surface area contributed by atoms with Crippen molar-refractivity contribution in [1.82, 2.24) is 9.80 Å². The molecule has 1 saturated heterocycles. The fraction of sp³-hybridized carbons (Fsp3) is 0.429. The zero-order valence-corrected chi connectivity index (χ0v) is 21.6. The van der Waals surface area contributed by atoms with Gasteiger partial charge in [0.15, 0.2) is 11.5 Å². The lowest BCUT2D eigenvalue weighted by atomic mass is 9.84. The number of methoxy groups -OCH3 is 3. The van der Waals surface area contributed by atoms with Gasteiger partial charge in [0.05, 0.1) is 27.4 Å². The maximum atomic E-state index is 13.2. The Morgan fingerprint density at radius 3 is 2.17 bits per heavy atom. The molecule has 0 radical (unpaired) electrons. The number of carbonyl (C=O) groups excluding carboxylic acids is 2. The van der Waals surface area contributed by atoms with Crippen molar-refractivity contribution in [3.8, 4) is 17.2 Å². The lowest BCUT2D eigenvalue weighted by Crippen LogP contribution is -2.60. The third-order valence-corrected chi connectivity index (χ3v) is 6.99.